The lowest BCUT2D eigenvalue weighted by molar-refractivity contribution is 0.586. The topological polar surface area (TPSA) is 50.9 Å². The molecule has 0 amide bonds. The van der Waals surface area contributed by atoms with Gasteiger partial charge in [0.2, 0.25) is 0 Å². The van der Waals surface area contributed by atoms with Crippen LogP contribution in [0.15, 0.2) is 24.3 Å². The molecule has 0 bridgehead atoms. The standard InChI is InChI=1S/C12H10ClF2N3/c1-6-2-3-10(16)12(17-6)18-11-8(13)4-7(14)5-9(11)15/h2-5H,16H2,1H3,(H,17,18). The molecule has 1 aromatic heterocycles. The summed E-state index contributed by atoms with van der Waals surface area (Å²) in [4.78, 5) is 4.12. The molecule has 0 radical (unpaired) electrons. The van der Waals surface area contributed by atoms with Gasteiger partial charge in [-0.1, -0.05) is 11.6 Å². The van der Waals surface area contributed by atoms with Crippen molar-refractivity contribution in [3.05, 3.63) is 46.6 Å². The van der Waals surface area contributed by atoms with E-state index >= 15 is 0 Å². The molecule has 94 valence electrons. The number of rotatable bonds is 2. The lowest BCUT2D eigenvalue weighted by atomic mass is 10.2. The van der Waals surface area contributed by atoms with Crippen LogP contribution in [-0.4, -0.2) is 4.98 Å². The lowest BCUT2D eigenvalue weighted by Crippen LogP contribution is -2.02. The van der Waals surface area contributed by atoms with Crippen LogP contribution < -0.4 is 11.1 Å². The van der Waals surface area contributed by atoms with Crippen LogP contribution in [0, 0.1) is 18.6 Å². The molecule has 0 atom stereocenters. The fourth-order valence-corrected chi connectivity index (χ4v) is 1.69. The molecule has 0 saturated heterocycles. The molecule has 1 heterocycles. The number of nitrogen functional groups attached to an aromatic ring is 1. The maximum Gasteiger partial charge on any atom is 0.153 e. The van der Waals surface area contributed by atoms with Crippen molar-refractivity contribution in [3.8, 4) is 0 Å². The zero-order chi connectivity index (χ0) is 13.3. The van der Waals surface area contributed by atoms with Crippen LogP contribution in [0.25, 0.3) is 0 Å². The van der Waals surface area contributed by atoms with Gasteiger partial charge in [0.15, 0.2) is 11.6 Å². The molecule has 0 spiro atoms. The highest BCUT2D eigenvalue weighted by Crippen LogP contribution is 2.30. The molecule has 2 aromatic rings. The number of nitrogens with two attached hydrogens (primary N) is 1. The average Bonchev–Trinajstić information content (AvgIpc) is 2.28. The van der Waals surface area contributed by atoms with E-state index in [9.17, 15) is 8.78 Å². The van der Waals surface area contributed by atoms with Gasteiger partial charge < -0.3 is 11.1 Å². The van der Waals surface area contributed by atoms with Crippen LogP contribution in [0.3, 0.4) is 0 Å². The maximum atomic E-state index is 13.6. The number of hydrogen-bond donors (Lipinski definition) is 2. The Kier molecular flexibility index (Phi) is 3.34. The van der Waals surface area contributed by atoms with Gasteiger partial charge >= 0.3 is 0 Å². The number of benzene rings is 1. The Balaban J connectivity index is 2.43. The van der Waals surface area contributed by atoms with Crippen LogP contribution in [-0.2, 0) is 0 Å². The second-order valence-corrected chi connectivity index (χ2v) is 4.17. The normalized spacial score (nSPS) is 10.4. The SMILES string of the molecule is Cc1ccc(N)c(Nc2c(F)cc(F)cc2Cl)n1. The van der Waals surface area contributed by atoms with Crippen molar-refractivity contribution < 1.29 is 8.78 Å². The van der Waals surface area contributed by atoms with Crippen LogP contribution >= 0.6 is 11.6 Å². The zero-order valence-corrected chi connectivity index (χ0v) is 10.2. The molecule has 18 heavy (non-hydrogen) atoms. The molecular weight excluding hydrogens is 260 g/mol. The summed E-state index contributed by atoms with van der Waals surface area (Å²) in [5.74, 6) is -1.27. The predicted octanol–water partition coefficient (Wildman–Crippen LogP) is 3.65. The second-order valence-electron chi connectivity index (χ2n) is 3.76. The largest absolute Gasteiger partial charge is 0.396 e. The highest BCUT2D eigenvalue weighted by Gasteiger charge is 2.12. The second kappa shape index (κ2) is 4.78. The minimum Gasteiger partial charge on any atom is -0.396 e. The molecular formula is C12H10ClF2N3. The number of hydrogen-bond acceptors (Lipinski definition) is 3. The van der Waals surface area contributed by atoms with Crippen molar-refractivity contribution in [3.63, 3.8) is 0 Å². The first kappa shape index (κ1) is 12.6. The molecule has 3 N–H and O–H groups in total. The Morgan fingerprint density at radius 1 is 1.28 bits per heavy atom. The first-order valence-electron chi connectivity index (χ1n) is 5.12. The Bertz CT molecular complexity index is 579. The number of halogens is 3. The molecule has 0 aliphatic carbocycles. The molecule has 0 aliphatic heterocycles. The number of aryl methyl sites for hydroxylation is 1. The van der Waals surface area contributed by atoms with Crippen molar-refractivity contribution >= 4 is 28.8 Å². The number of nitrogens with one attached hydrogen (secondary N) is 1. The van der Waals surface area contributed by atoms with Crippen LogP contribution in [0.5, 0.6) is 0 Å². The zero-order valence-electron chi connectivity index (χ0n) is 9.47. The summed E-state index contributed by atoms with van der Waals surface area (Å²) in [5.41, 5.74) is 6.71. The third-order valence-electron chi connectivity index (χ3n) is 2.32. The van der Waals surface area contributed by atoms with Gasteiger partial charge in [-0.2, -0.15) is 0 Å². The molecule has 3 nitrogen and oxygen atoms in total. The number of anilines is 3. The van der Waals surface area contributed by atoms with Gasteiger partial charge in [0.1, 0.15) is 5.82 Å². The summed E-state index contributed by atoms with van der Waals surface area (Å²) >= 11 is 5.77. The fraction of sp³-hybridized carbons (Fsp3) is 0.0833. The number of pyridine rings is 1. The van der Waals surface area contributed by atoms with Gasteiger partial charge in [-0.3, -0.25) is 0 Å². The van der Waals surface area contributed by atoms with E-state index in [1.165, 1.54) is 0 Å². The van der Waals surface area contributed by atoms with Gasteiger partial charge in [0.05, 0.1) is 16.4 Å². The predicted molar refractivity (Wildman–Crippen MR) is 68.0 cm³/mol. The summed E-state index contributed by atoms with van der Waals surface area (Å²) in [6.45, 7) is 1.77. The van der Waals surface area contributed by atoms with Gasteiger partial charge in [-0.25, -0.2) is 13.8 Å². The third kappa shape index (κ3) is 2.51. The molecule has 6 heteroatoms. The van der Waals surface area contributed by atoms with Gasteiger partial charge in [0.25, 0.3) is 0 Å². The molecule has 1 aromatic carbocycles. The monoisotopic (exact) mass is 269 g/mol. The van der Waals surface area contributed by atoms with Gasteiger partial charge in [0, 0.05) is 11.8 Å². The van der Waals surface area contributed by atoms with E-state index < -0.39 is 11.6 Å². The van der Waals surface area contributed by atoms with E-state index in [0.717, 1.165) is 12.1 Å². The van der Waals surface area contributed by atoms with Crippen molar-refractivity contribution in [2.75, 3.05) is 11.1 Å². The van der Waals surface area contributed by atoms with E-state index in [2.05, 4.69) is 10.3 Å². The Hall–Kier alpha value is -1.88. The fourth-order valence-electron chi connectivity index (χ4n) is 1.45. The minimum absolute atomic E-state index is 0.0529. The van der Waals surface area contributed by atoms with Crippen LogP contribution in [0.2, 0.25) is 5.02 Å². The van der Waals surface area contributed by atoms with Gasteiger partial charge in [-0.05, 0) is 25.1 Å². The van der Waals surface area contributed by atoms with Gasteiger partial charge in [-0.15, -0.1) is 0 Å². The average molecular weight is 270 g/mol. The van der Waals surface area contributed by atoms with Crippen LogP contribution in [0.4, 0.5) is 26.0 Å². The Morgan fingerprint density at radius 3 is 2.67 bits per heavy atom. The number of aromatic nitrogens is 1. The third-order valence-corrected chi connectivity index (χ3v) is 2.61. The summed E-state index contributed by atoms with van der Waals surface area (Å²) in [5, 5.41) is 2.59. The van der Waals surface area contributed by atoms with Crippen LogP contribution in [0.1, 0.15) is 5.69 Å². The van der Waals surface area contributed by atoms with Crippen molar-refractivity contribution in [1.82, 2.24) is 4.98 Å². The number of nitrogens with zero attached hydrogens (tertiary/aromatic N) is 1. The van der Waals surface area contributed by atoms with Crippen molar-refractivity contribution in [1.29, 1.82) is 0 Å². The molecule has 0 unspecified atom stereocenters. The van der Waals surface area contributed by atoms with E-state index in [1.54, 1.807) is 19.1 Å². The van der Waals surface area contributed by atoms with E-state index in [0.29, 0.717) is 11.4 Å². The lowest BCUT2D eigenvalue weighted by Gasteiger charge is -2.11. The summed E-state index contributed by atoms with van der Waals surface area (Å²) < 4.78 is 26.5. The van der Waals surface area contributed by atoms with Crippen molar-refractivity contribution in [2.45, 2.75) is 6.92 Å². The van der Waals surface area contributed by atoms with Crippen molar-refractivity contribution in [2.24, 2.45) is 0 Å². The first-order chi connectivity index (χ1) is 8.47. The maximum absolute atomic E-state index is 13.6. The minimum atomic E-state index is -0.803. The first-order valence-corrected chi connectivity index (χ1v) is 5.50. The molecule has 0 saturated carbocycles. The highest BCUT2D eigenvalue weighted by molar-refractivity contribution is 6.33. The Labute approximate surface area is 108 Å². The van der Waals surface area contributed by atoms with E-state index in [4.69, 9.17) is 17.3 Å². The summed E-state index contributed by atoms with van der Waals surface area (Å²) in [7, 11) is 0. The highest BCUT2D eigenvalue weighted by atomic mass is 35.5. The molecule has 2 rings (SSSR count). The van der Waals surface area contributed by atoms with E-state index in [1.807, 2.05) is 0 Å². The summed E-state index contributed by atoms with van der Waals surface area (Å²) in [6, 6.07) is 5.11. The molecule has 0 aliphatic rings. The summed E-state index contributed by atoms with van der Waals surface area (Å²) in [6.07, 6.45) is 0. The quantitative estimate of drug-likeness (QED) is 0.875. The molecule has 0 fully saturated rings. The smallest absolute Gasteiger partial charge is 0.153 e. The van der Waals surface area contributed by atoms with E-state index in [-0.39, 0.29) is 16.5 Å². The Morgan fingerprint density at radius 2 is 2.00 bits per heavy atom.